The lowest BCUT2D eigenvalue weighted by atomic mass is 10.1. The molecule has 0 fully saturated rings. The number of benzene rings is 1. The molecule has 0 saturated carbocycles. The number of nitrogens with zero attached hydrogens (tertiary/aromatic N) is 5. The Kier molecular flexibility index (Phi) is 4.83. The number of esters is 1. The first-order valence-corrected chi connectivity index (χ1v) is 10.6. The number of fused-ring (bicyclic) bond motifs is 1. The Labute approximate surface area is 182 Å². The van der Waals surface area contributed by atoms with E-state index in [2.05, 4.69) is 10.2 Å². The normalized spacial score (nSPS) is 11.2. The molecular weight excluding hydrogens is 410 g/mol. The van der Waals surface area contributed by atoms with Crippen molar-refractivity contribution in [1.29, 1.82) is 0 Å². The zero-order chi connectivity index (χ0) is 21.4. The molecule has 8 heteroatoms. The molecule has 5 aromatic rings. The van der Waals surface area contributed by atoms with Crippen LogP contribution in [0.5, 0.6) is 0 Å². The second-order valence-corrected chi connectivity index (χ2v) is 8.05. The van der Waals surface area contributed by atoms with Crippen molar-refractivity contribution in [3.63, 3.8) is 0 Å². The summed E-state index contributed by atoms with van der Waals surface area (Å²) >= 11 is 1.57. The monoisotopic (exact) mass is 429 g/mol. The lowest BCUT2D eigenvalue weighted by Gasteiger charge is -2.07. The van der Waals surface area contributed by atoms with Crippen molar-refractivity contribution in [3.05, 3.63) is 83.1 Å². The standard InChI is InChI=1S/C23H19N5O2S/c1-15-21-18(13-19(20-9-6-12-31-20)24-22(21)27(2)25-15)23(29)30-14-16-10-11-28(26-16)17-7-4-3-5-8-17/h3-13H,14H2,1-2H3. The highest BCUT2D eigenvalue weighted by Gasteiger charge is 2.21. The molecule has 0 spiro atoms. The van der Waals surface area contributed by atoms with Crippen LogP contribution < -0.4 is 0 Å². The number of aryl methyl sites for hydroxylation is 2. The first-order valence-electron chi connectivity index (χ1n) is 9.75. The summed E-state index contributed by atoms with van der Waals surface area (Å²) in [4.78, 5) is 18.8. The Morgan fingerprint density at radius 2 is 1.94 bits per heavy atom. The summed E-state index contributed by atoms with van der Waals surface area (Å²) in [7, 11) is 1.83. The van der Waals surface area contributed by atoms with Gasteiger partial charge in [0.15, 0.2) is 5.65 Å². The van der Waals surface area contributed by atoms with Crippen LogP contribution in [0.2, 0.25) is 0 Å². The van der Waals surface area contributed by atoms with E-state index >= 15 is 0 Å². The van der Waals surface area contributed by atoms with Gasteiger partial charge in [0, 0.05) is 13.2 Å². The number of carbonyl (C=O) groups is 1. The average molecular weight is 430 g/mol. The third-order valence-corrected chi connectivity index (χ3v) is 5.87. The second-order valence-electron chi connectivity index (χ2n) is 7.10. The van der Waals surface area contributed by atoms with Crippen LogP contribution in [0.4, 0.5) is 0 Å². The van der Waals surface area contributed by atoms with Gasteiger partial charge in [0.2, 0.25) is 0 Å². The Morgan fingerprint density at radius 1 is 1.10 bits per heavy atom. The molecule has 31 heavy (non-hydrogen) atoms. The number of carbonyl (C=O) groups excluding carboxylic acids is 1. The summed E-state index contributed by atoms with van der Waals surface area (Å²) in [5.74, 6) is -0.421. The van der Waals surface area contributed by atoms with Gasteiger partial charge in [-0.15, -0.1) is 11.3 Å². The molecule has 0 aliphatic rings. The quantitative estimate of drug-likeness (QED) is 0.383. The molecule has 0 aliphatic carbocycles. The molecular formula is C23H19N5O2S. The molecule has 0 saturated heterocycles. The molecule has 0 aliphatic heterocycles. The minimum Gasteiger partial charge on any atom is -0.455 e. The van der Waals surface area contributed by atoms with E-state index in [0.717, 1.165) is 22.0 Å². The molecule has 0 radical (unpaired) electrons. The molecule has 1 aromatic carbocycles. The number of para-hydroxylation sites is 1. The summed E-state index contributed by atoms with van der Waals surface area (Å²) in [6.45, 7) is 1.95. The lowest BCUT2D eigenvalue weighted by Crippen LogP contribution is -2.08. The number of hydrogen-bond donors (Lipinski definition) is 0. The molecule has 4 aromatic heterocycles. The molecule has 154 valence electrons. The molecule has 0 unspecified atom stereocenters. The maximum Gasteiger partial charge on any atom is 0.339 e. The van der Waals surface area contributed by atoms with Crippen LogP contribution in [0.3, 0.4) is 0 Å². The smallest absolute Gasteiger partial charge is 0.339 e. The van der Waals surface area contributed by atoms with Gasteiger partial charge in [-0.3, -0.25) is 4.68 Å². The van der Waals surface area contributed by atoms with E-state index in [1.165, 1.54) is 0 Å². The third-order valence-electron chi connectivity index (χ3n) is 4.98. The predicted octanol–water partition coefficient (Wildman–Crippen LogP) is 4.55. The lowest BCUT2D eigenvalue weighted by molar-refractivity contribution is 0.0469. The van der Waals surface area contributed by atoms with Crippen LogP contribution in [0, 0.1) is 6.92 Å². The van der Waals surface area contributed by atoms with Crippen LogP contribution in [0.25, 0.3) is 27.3 Å². The van der Waals surface area contributed by atoms with Crippen molar-refractivity contribution in [1.82, 2.24) is 24.5 Å². The van der Waals surface area contributed by atoms with Gasteiger partial charge in [-0.1, -0.05) is 24.3 Å². The summed E-state index contributed by atoms with van der Waals surface area (Å²) in [5.41, 5.74) is 4.20. The highest BCUT2D eigenvalue weighted by atomic mass is 32.1. The van der Waals surface area contributed by atoms with E-state index in [1.807, 2.05) is 74.1 Å². The van der Waals surface area contributed by atoms with Crippen molar-refractivity contribution in [2.75, 3.05) is 0 Å². The van der Waals surface area contributed by atoms with Gasteiger partial charge in [0.25, 0.3) is 0 Å². The fourth-order valence-electron chi connectivity index (χ4n) is 3.54. The first-order chi connectivity index (χ1) is 15.1. The third kappa shape index (κ3) is 3.62. The van der Waals surface area contributed by atoms with E-state index in [0.29, 0.717) is 22.3 Å². The average Bonchev–Trinajstić information content (AvgIpc) is 3.54. The van der Waals surface area contributed by atoms with Gasteiger partial charge in [-0.05, 0) is 42.6 Å². The zero-order valence-electron chi connectivity index (χ0n) is 17.0. The first kappa shape index (κ1) is 19.2. The highest BCUT2D eigenvalue weighted by Crippen LogP contribution is 2.29. The summed E-state index contributed by atoms with van der Waals surface area (Å²) in [6.07, 6.45) is 1.85. The molecule has 0 atom stereocenters. The maximum absolute atomic E-state index is 13.1. The number of hydrogen-bond acceptors (Lipinski definition) is 6. The largest absolute Gasteiger partial charge is 0.455 e. The van der Waals surface area contributed by atoms with Gasteiger partial charge in [-0.25, -0.2) is 14.5 Å². The molecule has 7 nitrogen and oxygen atoms in total. The molecule has 0 bridgehead atoms. The van der Waals surface area contributed by atoms with Crippen molar-refractivity contribution in [2.45, 2.75) is 13.5 Å². The van der Waals surface area contributed by atoms with E-state index in [9.17, 15) is 4.79 Å². The van der Waals surface area contributed by atoms with Gasteiger partial charge in [0.1, 0.15) is 12.3 Å². The number of thiophene rings is 1. The number of pyridine rings is 1. The summed E-state index contributed by atoms with van der Waals surface area (Å²) in [5, 5.41) is 11.6. The van der Waals surface area contributed by atoms with Crippen molar-refractivity contribution < 1.29 is 9.53 Å². The summed E-state index contributed by atoms with van der Waals surface area (Å²) in [6, 6.07) is 17.4. The number of aromatic nitrogens is 5. The molecule has 4 heterocycles. The van der Waals surface area contributed by atoms with Gasteiger partial charge < -0.3 is 4.74 Å². The predicted molar refractivity (Wildman–Crippen MR) is 119 cm³/mol. The van der Waals surface area contributed by atoms with Crippen LogP contribution >= 0.6 is 11.3 Å². The Bertz CT molecular complexity index is 1370. The Balaban J connectivity index is 1.44. The topological polar surface area (TPSA) is 74.8 Å². The van der Waals surface area contributed by atoms with Crippen LogP contribution in [0.1, 0.15) is 21.7 Å². The van der Waals surface area contributed by atoms with Crippen molar-refractivity contribution in [3.8, 4) is 16.3 Å². The van der Waals surface area contributed by atoms with Crippen molar-refractivity contribution >= 4 is 28.3 Å². The molecule has 5 rings (SSSR count). The van der Waals surface area contributed by atoms with Crippen molar-refractivity contribution in [2.24, 2.45) is 7.05 Å². The Hall–Kier alpha value is -3.78. The van der Waals surface area contributed by atoms with E-state index in [-0.39, 0.29) is 6.61 Å². The van der Waals surface area contributed by atoms with Crippen LogP contribution in [-0.2, 0) is 18.4 Å². The highest BCUT2D eigenvalue weighted by molar-refractivity contribution is 7.13. The van der Waals surface area contributed by atoms with Gasteiger partial charge in [-0.2, -0.15) is 10.2 Å². The van der Waals surface area contributed by atoms with E-state index < -0.39 is 5.97 Å². The SMILES string of the molecule is Cc1nn(C)c2nc(-c3cccs3)cc(C(=O)OCc3ccn(-c4ccccc4)n3)c12. The van der Waals surface area contributed by atoms with E-state index in [4.69, 9.17) is 9.72 Å². The minimum atomic E-state index is -0.421. The van der Waals surface area contributed by atoms with Gasteiger partial charge >= 0.3 is 5.97 Å². The summed E-state index contributed by atoms with van der Waals surface area (Å²) < 4.78 is 9.08. The van der Waals surface area contributed by atoms with E-state index in [1.54, 1.807) is 26.8 Å². The molecule has 0 amide bonds. The number of rotatable bonds is 5. The minimum absolute atomic E-state index is 0.0795. The van der Waals surface area contributed by atoms with Crippen LogP contribution in [-0.4, -0.2) is 30.5 Å². The number of ether oxygens (including phenoxy) is 1. The maximum atomic E-state index is 13.1. The fraction of sp³-hybridized carbons (Fsp3) is 0.130. The zero-order valence-corrected chi connectivity index (χ0v) is 17.8. The second kappa shape index (κ2) is 7.81. The fourth-order valence-corrected chi connectivity index (χ4v) is 4.22. The molecule has 0 N–H and O–H groups in total. The van der Waals surface area contributed by atoms with Crippen LogP contribution in [0.15, 0.2) is 66.2 Å². The Morgan fingerprint density at radius 3 is 2.71 bits per heavy atom. The van der Waals surface area contributed by atoms with Gasteiger partial charge in [0.05, 0.1) is 32.9 Å².